The van der Waals surface area contributed by atoms with E-state index >= 15 is 0 Å². The number of anilines is 2. The molecular formula is C14H14N4O2. The second-order valence-corrected chi connectivity index (χ2v) is 3.63. The molecule has 0 amide bonds. The molecule has 0 bridgehead atoms. The fourth-order valence-electron chi connectivity index (χ4n) is 1.29. The Labute approximate surface area is 116 Å². The number of para-hydroxylation sites is 2. The minimum absolute atomic E-state index is 0.809. The van der Waals surface area contributed by atoms with Crippen LogP contribution >= 0.6 is 0 Å². The highest BCUT2D eigenvalue weighted by Crippen LogP contribution is 2.04. The van der Waals surface area contributed by atoms with Crippen molar-refractivity contribution in [3.05, 3.63) is 60.7 Å². The predicted molar refractivity (Wildman–Crippen MR) is 79.3 cm³/mol. The fourth-order valence-corrected chi connectivity index (χ4v) is 1.29. The van der Waals surface area contributed by atoms with Crippen molar-refractivity contribution in [2.75, 3.05) is 11.0 Å². The maximum Gasteiger partial charge on any atom is 0.0912 e. The van der Waals surface area contributed by atoms with Crippen LogP contribution in [-0.4, -0.2) is 12.4 Å². The van der Waals surface area contributed by atoms with Gasteiger partial charge in [0.25, 0.3) is 0 Å². The summed E-state index contributed by atoms with van der Waals surface area (Å²) in [7, 11) is 0. The molecule has 20 heavy (non-hydrogen) atoms. The van der Waals surface area contributed by atoms with Crippen LogP contribution in [0.4, 0.5) is 11.4 Å². The standard InChI is InChI=1S/C14H14N4O2/c1-3-7-13(8-4-1)17-19-15-11-12-16-20-18-14-9-5-2-6-10-14/h1-12,17-18H/b15-11+,16-12+. The van der Waals surface area contributed by atoms with Crippen molar-refractivity contribution in [2.24, 2.45) is 10.3 Å². The molecule has 2 aromatic rings. The Morgan fingerprint density at radius 1 is 0.650 bits per heavy atom. The van der Waals surface area contributed by atoms with E-state index in [4.69, 9.17) is 9.88 Å². The molecule has 0 unspecified atom stereocenters. The van der Waals surface area contributed by atoms with Crippen molar-refractivity contribution >= 4 is 23.8 Å². The quantitative estimate of drug-likeness (QED) is 0.599. The molecule has 0 atom stereocenters. The third-order valence-corrected chi connectivity index (χ3v) is 2.17. The van der Waals surface area contributed by atoms with E-state index in [1.165, 1.54) is 12.4 Å². The Kier molecular flexibility index (Phi) is 5.46. The number of benzene rings is 2. The van der Waals surface area contributed by atoms with Gasteiger partial charge >= 0.3 is 0 Å². The van der Waals surface area contributed by atoms with Gasteiger partial charge in [-0.3, -0.25) is 9.88 Å². The first-order chi connectivity index (χ1) is 9.95. The third kappa shape index (κ3) is 5.09. The predicted octanol–water partition coefficient (Wildman–Crippen LogP) is 3.05. The van der Waals surface area contributed by atoms with Gasteiger partial charge in [-0.15, -0.1) is 0 Å². The number of hydrogen-bond donors (Lipinski definition) is 2. The molecule has 0 saturated carbocycles. The number of oxime groups is 2. The van der Waals surface area contributed by atoms with Gasteiger partial charge in [0.2, 0.25) is 0 Å². The van der Waals surface area contributed by atoms with Crippen molar-refractivity contribution in [2.45, 2.75) is 0 Å². The van der Waals surface area contributed by atoms with E-state index in [0.717, 1.165) is 11.4 Å². The Bertz CT molecular complexity index is 492. The molecule has 2 aromatic carbocycles. The smallest absolute Gasteiger partial charge is 0.0912 e. The third-order valence-electron chi connectivity index (χ3n) is 2.17. The van der Waals surface area contributed by atoms with Crippen LogP contribution in [-0.2, 0) is 9.88 Å². The van der Waals surface area contributed by atoms with Gasteiger partial charge in [-0.1, -0.05) is 46.7 Å². The molecule has 0 aromatic heterocycles. The number of rotatable bonds is 7. The molecule has 0 aliphatic rings. The van der Waals surface area contributed by atoms with E-state index in [1.54, 1.807) is 0 Å². The van der Waals surface area contributed by atoms with Crippen LogP contribution in [0.25, 0.3) is 0 Å². The van der Waals surface area contributed by atoms with Gasteiger partial charge < -0.3 is 0 Å². The van der Waals surface area contributed by atoms with Crippen molar-refractivity contribution in [1.29, 1.82) is 0 Å². The lowest BCUT2D eigenvalue weighted by Crippen LogP contribution is -1.97. The largest absolute Gasteiger partial charge is 0.271 e. The van der Waals surface area contributed by atoms with Gasteiger partial charge in [-0.05, 0) is 24.3 Å². The highest BCUT2D eigenvalue weighted by atomic mass is 16.8. The average Bonchev–Trinajstić information content (AvgIpc) is 2.52. The zero-order valence-corrected chi connectivity index (χ0v) is 10.6. The second kappa shape index (κ2) is 8.15. The number of nitrogens with zero attached hydrogens (tertiary/aromatic N) is 2. The summed E-state index contributed by atoms with van der Waals surface area (Å²) < 4.78 is 0. The molecule has 0 saturated heterocycles. The van der Waals surface area contributed by atoms with E-state index in [9.17, 15) is 0 Å². The fraction of sp³-hybridized carbons (Fsp3) is 0. The molecule has 0 heterocycles. The molecule has 6 nitrogen and oxygen atoms in total. The van der Waals surface area contributed by atoms with Crippen LogP contribution in [0.2, 0.25) is 0 Å². The summed E-state index contributed by atoms with van der Waals surface area (Å²) in [5.41, 5.74) is 6.91. The van der Waals surface area contributed by atoms with Gasteiger partial charge in [0.05, 0.1) is 23.8 Å². The normalized spacial score (nSPS) is 10.6. The molecule has 2 rings (SSSR count). The Balaban J connectivity index is 1.60. The molecule has 0 aliphatic heterocycles. The molecule has 0 fully saturated rings. The lowest BCUT2D eigenvalue weighted by Gasteiger charge is -2.00. The van der Waals surface area contributed by atoms with Crippen molar-refractivity contribution < 1.29 is 9.88 Å². The van der Waals surface area contributed by atoms with E-state index in [-0.39, 0.29) is 0 Å². The summed E-state index contributed by atoms with van der Waals surface area (Å²) in [6.45, 7) is 0. The van der Waals surface area contributed by atoms with Crippen LogP contribution in [0.1, 0.15) is 0 Å². The Morgan fingerprint density at radius 2 is 1.05 bits per heavy atom. The minimum Gasteiger partial charge on any atom is -0.271 e. The minimum atomic E-state index is 0.809. The van der Waals surface area contributed by atoms with E-state index in [1.807, 2.05) is 60.7 Å². The summed E-state index contributed by atoms with van der Waals surface area (Å²) in [4.78, 5) is 9.67. The van der Waals surface area contributed by atoms with E-state index < -0.39 is 0 Å². The molecule has 6 heteroatoms. The number of nitrogens with one attached hydrogen (secondary N) is 2. The lowest BCUT2D eigenvalue weighted by atomic mass is 10.3. The molecular weight excluding hydrogens is 256 g/mol. The maximum atomic E-state index is 4.84. The van der Waals surface area contributed by atoms with E-state index in [2.05, 4.69) is 21.3 Å². The van der Waals surface area contributed by atoms with Crippen LogP contribution in [0.15, 0.2) is 71.0 Å². The van der Waals surface area contributed by atoms with Gasteiger partial charge in [-0.25, -0.2) is 0 Å². The zero-order valence-electron chi connectivity index (χ0n) is 10.6. The Morgan fingerprint density at radius 3 is 1.45 bits per heavy atom. The summed E-state index contributed by atoms with van der Waals surface area (Å²) in [5, 5.41) is 7.24. The molecule has 0 spiro atoms. The molecule has 102 valence electrons. The van der Waals surface area contributed by atoms with Crippen molar-refractivity contribution in [1.82, 2.24) is 0 Å². The molecule has 0 aliphatic carbocycles. The summed E-state index contributed by atoms with van der Waals surface area (Å²) in [6.07, 6.45) is 2.70. The second-order valence-electron chi connectivity index (χ2n) is 3.63. The van der Waals surface area contributed by atoms with E-state index in [0.29, 0.717) is 0 Å². The maximum absolute atomic E-state index is 4.84. The van der Waals surface area contributed by atoms with Gasteiger partial charge in [0, 0.05) is 0 Å². The lowest BCUT2D eigenvalue weighted by molar-refractivity contribution is 0.207. The van der Waals surface area contributed by atoms with Crippen molar-refractivity contribution in [3.63, 3.8) is 0 Å². The molecule has 2 N–H and O–H groups in total. The topological polar surface area (TPSA) is 67.2 Å². The van der Waals surface area contributed by atoms with Gasteiger partial charge in [-0.2, -0.15) is 11.0 Å². The highest BCUT2D eigenvalue weighted by molar-refractivity contribution is 6.15. The Hall–Kier alpha value is -3.02. The van der Waals surface area contributed by atoms with Crippen molar-refractivity contribution in [3.8, 4) is 0 Å². The SMILES string of the molecule is C(/C=N/ONc1ccccc1)=N\ONc1ccccc1. The number of hydrogen-bond acceptors (Lipinski definition) is 6. The molecule has 0 radical (unpaired) electrons. The van der Waals surface area contributed by atoms with Gasteiger partial charge in [0.15, 0.2) is 0 Å². The monoisotopic (exact) mass is 270 g/mol. The highest BCUT2D eigenvalue weighted by Gasteiger charge is 1.86. The summed E-state index contributed by atoms with van der Waals surface area (Å²) in [6, 6.07) is 18.8. The first-order valence-electron chi connectivity index (χ1n) is 5.94. The van der Waals surface area contributed by atoms with Crippen LogP contribution in [0, 0.1) is 0 Å². The summed E-state index contributed by atoms with van der Waals surface area (Å²) in [5.74, 6) is 0. The summed E-state index contributed by atoms with van der Waals surface area (Å²) >= 11 is 0. The average molecular weight is 270 g/mol. The first-order valence-corrected chi connectivity index (χ1v) is 5.94. The van der Waals surface area contributed by atoms with Gasteiger partial charge in [0.1, 0.15) is 0 Å². The zero-order chi connectivity index (χ0) is 13.9. The van der Waals surface area contributed by atoms with Crippen LogP contribution in [0.5, 0.6) is 0 Å². The van der Waals surface area contributed by atoms with Crippen LogP contribution < -0.4 is 11.0 Å². The van der Waals surface area contributed by atoms with Crippen LogP contribution in [0.3, 0.4) is 0 Å². The first kappa shape index (κ1) is 13.4.